The van der Waals surface area contributed by atoms with E-state index < -0.39 is 18.0 Å². The van der Waals surface area contributed by atoms with Gasteiger partial charge in [-0.2, -0.15) is 0 Å². The van der Waals surface area contributed by atoms with Gasteiger partial charge in [-0.25, -0.2) is 4.79 Å². The molecule has 146 valence electrons. The summed E-state index contributed by atoms with van der Waals surface area (Å²) in [5, 5.41) is 7.34. The molecule has 0 aromatic heterocycles. The van der Waals surface area contributed by atoms with Crippen molar-refractivity contribution < 1.29 is 23.9 Å². The molecule has 1 aliphatic heterocycles. The fraction of sp³-hybridized carbons (Fsp3) is 0.250. The van der Waals surface area contributed by atoms with Crippen molar-refractivity contribution in [1.29, 1.82) is 0 Å². The Bertz CT molecular complexity index is 849. The van der Waals surface area contributed by atoms with E-state index in [0.29, 0.717) is 23.8 Å². The molecule has 0 spiro atoms. The number of amides is 4. The van der Waals surface area contributed by atoms with Gasteiger partial charge in [-0.3, -0.25) is 14.9 Å². The lowest BCUT2D eigenvalue weighted by Gasteiger charge is -2.10. The molecule has 8 nitrogen and oxygen atoms in total. The first-order valence-electron chi connectivity index (χ1n) is 8.95. The third-order valence-electron chi connectivity index (χ3n) is 4.03. The van der Waals surface area contributed by atoms with Crippen LogP contribution in [0, 0.1) is 0 Å². The summed E-state index contributed by atoms with van der Waals surface area (Å²) in [5.74, 6) is 1.44. The number of benzene rings is 2. The number of hydrogen-bond donors (Lipinski definition) is 3. The van der Waals surface area contributed by atoms with Crippen LogP contribution in [0.5, 0.6) is 17.2 Å². The molecular formula is C20H21N3O5. The Hall–Kier alpha value is -3.55. The SMILES string of the molecule is CCOc1ccc(Oc2ccc(NC(=O)CC[C@@H]3NC(=O)NC3=O)cc2)cc1. The first-order valence-corrected chi connectivity index (χ1v) is 8.95. The van der Waals surface area contributed by atoms with Gasteiger partial charge in [0.05, 0.1) is 6.61 Å². The van der Waals surface area contributed by atoms with E-state index in [9.17, 15) is 14.4 Å². The molecule has 2 aromatic carbocycles. The lowest BCUT2D eigenvalue weighted by Crippen LogP contribution is -2.30. The van der Waals surface area contributed by atoms with E-state index >= 15 is 0 Å². The molecule has 4 amide bonds. The molecule has 8 heteroatoms. The number of carbonyl (C=O) groups is 3. The minimum Gasteiger partial charge on any atom is -0.494 e. The van der Waals surface area contributed by atoms with Crippen molar-refractivity contribution in [2.45, 2.75) is 25.8 Å². The molecule has 1 fully saturated rings. The molecule has 3 N–H and O–H groups in total. The highest BCUT2D eigenvalue weighted by atomic mass is 16.5. The molecule has 0 aliphatic carbocycles. The first kappa shape index (κ1) is 19.2. The average Bonchev–Trinajstić information content (AvgIpc) is 3.01. The van der Waals surface area contributed by atoms with Gasteiger partial charge in [0.2, 0.25) is 5.91 Å². The Balaban J connectivity index is 1.47. The van der Waals surface area contributed by atoms with Gasteiger partial charge in [0.1, 0.15) is 23.3 Å². The molecule has 3 rings (SSSR count). The van der Waals surface area contributed by atoms with E-state index in [-0.39, 0.29) is 18.7 Å². The van der Waals surface area contributed by atoms with E-state index in [1.807, 2.05) is 31.2 Å². The van der Waals surface area contributed by atoms with Crippen molar-refractivity contribution in [3.8, 4) is 17.2 Å². The van der Waals surface area contributed by atoms with Gasteiger partial charge in [-0.05, 0) is 61.9 Å². The topological polar surface area (TPSA) is 106 Å². The second-order valence-electron chi connectivity index (χ2n) is 6.13. The molecule has 0 unspecified atom stereocenters. The number of urea groups is 1. The zero-order chi connectivity index (χ0) is 19.9. The third kappa shape index (κ3) is 5.23. The predicted molar refractivity (Wildman–Crippen MR) is 102 cm³/mol. The maximum absolute atomic E-state index is 12.0. The molecule has 1 atom stereocenters. The Morgan fingerprint density at radius 3 is 2.18 bits per heavy atom. The molecule has 1 aliphatic rings. The number of imide groups is 1. The number of carbonyl (C=O) groups excluding carboxylic acids is 3. The smallest absolute Gasteiger partial charge is 0.322 e. The summed E-state index contributed by atoms with van der Waals surface area (Å²) in [5.41, 5.74) is 0.615. The van der Waals surface area contributed by atoms with E-state index in [2.05, 4.69) is 16.0 Å². The van der Waals surface area contributed by atoms with Gasteiger partial charge >= 0.3 is 6.03 Å². The largest absolute Gasteiger partial charge is 0.494 e. The van der Waals surface area contributed by atoms with Crippen LogP contribution in [0.3, 0.4) is 0 Å². The van der Waals surface area contributed by atoms with Gasteiger partial charge in [-0.15, -0.1) is 0 Å². The van der Waals surface area contributed by atoms with Crippen LogP contribution in [0.15, 0.2) is 48.5 Å². The number of anilines is 1. The van der Waals surface area contributed by atoms with E-state index in [1.165, 1.54) is 0 Å². The number of nitrogens with one attached hydrogen (secondary N) is 3. The van der Waals surface area contributed by atoms with Gasteiger partial charge in [0, 0.05) is 12.1 Å². The lowest BCUT2D eigenvalue weighted by molar-refractivity contribution is -0.120. The highest BCUT2D eigenvalue weighted by Gasteiger charge is 2.29. The number of rotatable bonds is 8. The van der Waals surface area contributed by atoms with Gasteiger partial charge in [0.15, 0.2) is 0 Å². The van der Waals surface area contributed by atoms with Crippen LogP contribution in [0.25, 0.3) is 0 Å². The second kappa shape index (κ2) is 8.90. The highest BCUT2D eigenvalue weighted by Crippen LogP contribution is 2.25. The molecule has 2 aromatic rings. The minimum absolute atomic E-state index is 0.114. The zero-order valence-corrected chi connectivity index (χ0v) is 15.4. The van der Waals surface area contributed by atoms with Crippen molar-refractivity contribution in [1.82, 2.24) is 10.6 Å². The van der Waals surface area contributed by atoms with Crippen molar-refractivity contribution in [2.24, 2.45) is 0 Å². The standard InChI is InChI=1S/C20H21N3O5/c1-2-27-14-7-9-16(10-8-14)28-15-5-3-13(4-6-15)21-18(24)12-11-17-19(25)23-20(26)22-17/h3-10,17H,2,11-12H2,1H3,(H,21,24)(H2,22,23,25,26)/t17-/m0/s1. The summed E-state index contributed by atoms with van der Waals surface area (Å²) in [6.45, 7) is 2.53. The Morgan fingerprint density at radius 2 is 1.61 bits per heavy atom. The van der Waals surface area contributed by atoms with Crippen molar-refractivity contribution >= 4 is 23.5 Å². The van der Waals surface area contributed by atoms with Crippen molar-refractivity contribution in [3.63, 3.8) is 0 Å². The van der Waals surface area contributed by atoms with E-state index in [4.69, 9.17) is 9.47 Å². The Morgan fingerprint density at radius 1 is 1.00 bits per heavy atom. The molecule has 0 radical (unpaired) electrons. The van der Waals surface area contributed by atoms with Crippen molar-refractivity contribution in [2.75, 3.05) is 11.9 Å². The Kier molecular flexibility index (Phi) is 6.11. The molecule has 28 heavy (non-hydrogen) atoms. The molecular weight excluding hydrogens is 362 g/mol. The van der Waals surface area contributed by atoms with Crippen LogP contribution >= 0.6 is 0 Å². The van der Waals surface area contributed by atoms with E-state index in [0.717, 1.165) is 5.75 Å². The maximum Gasteiger partial charge on any atom is 0.322 e. The second-order valence-corrected chi connectivity index (χ2v) is 6.13. The third-order valence-corrected chi connectivity index (χ3v) is 4.03. The predicted octanol–water partition coefficient (Wildman–Crippen LogP) is 2.80. The number of hydrogen-bond acceptors (Lipinski definition) is 5. The molecule has 1 heterocycles. The van der Waals surface area contributed by atoms with Crippen molar-refractivity contribution in [3.05, 3.63) is 48.5 Å². The normalized spacial score (nSPS) is 15.5. The fourth-order valence-corrected chi connectivity index (χ4v) is 2.67. The zero-order valence-electron chi connectivity index (χ0n) is 15.4. The van der Waals surface area contributed by atoms with Crippen LogP contribution < -0.4 is 25.4 Å². The van der Waals surface area contributed by atoms with Crippen LogP contribution in [-0.4, -0.2) is 30.5 Å². The Labute approximate surface area is 162 Å². The van der Waals surface area contributed by atoms with Crippen LogP contribution in [-0.2, 0) is 9.59 Å². The molecule has 1 saturated heterocycles. The van der Waals surface area contributed by atoms with Crippen LogP contribution in [0.1, 0.15) is 19.8 Å². The van der Waals surface area contributed by atoms with Crippen LogP contribution in [0.4, 0.5) is 10.5 Å². The number of ether oxygens (including phenoxy) is 2. The summed E-state index contributed by atoms with van der Waals surface area (Å²) in [6.07, 6.45) is 0.352. The fourth-order valence-electron chi connectivity index (χ4n) is 2.67. The lowest BCUT2D eigenvalue weighted by atomic mass is 10.1. The van der Waals surface area contributed by atoms with Crippen LogP contribution in [0.2, 0.25) is 0 Å². The maximum atomic E-state index is 12.0. The first-order chi connectivity index (χ1) is 13.5. The summed E-state index contributed by atoms with van der Waals surface area (Å²) in [6, 6.07) is 13.1. The quantitative estimate of drug-likeness (QED) is 0.608. The summed E-state index contributed by atoms with van der Waals surface area (Å²) >= 11 is 0. The summed E-state index contributed by atoms with van der Waals surface area (Å²) in [7, 11) is 0. The van der Waals surface area contributed by atoms with Gasteiger partial charge in [0.25, 0.3) is 5.91 Å². The molecule has 0 bridgehead atoms. The minimum atomic E-state index is -0.664. The summed E-state index contributed by atoms with van der Waals surface area (Å²) in [4.78, 5) is 34.5. The summed E-state index contributed by atoms with van der Waals surface area (Å²) < 4.78 is 11.1. The average molecular weight is 383 g/mol. The monoisotopic (exact) mass is 383 g/mol. The van der Waals surface area contributed by atoms with E-state index in [1.54, 1.807) is 24.3 Å². The highest BCUT2D eigenvalue weighted by molar-refractivity contribution is 6.04. The van der Waals surface area contributed by atoms with Gasteiger partial charge in [-0.1, -0.05) is 0 Å². The van der Waals surface area contributed by atoms with Gasteiger partial charge < -0.3 is 20.1 Å². The molecule has 0 saturated carbocycles.